The average Bonchev–Trinajstić information content (AvgIpc) is 2.59. The molecule has 0 aliphatic carbocycles. The van der Waals surface area contributed by atoms with Gasteiger partial charge in [-0.05, 0) is 44.4 Å². The highest BCUT2D eigenvalue weighted by atomic mass is 35.5. The zero-order valence-corrected chi connectivity index (χ0v) is 18.6. The molecule has 0 saturated heterocycles. The molecule has 0 fully saturated rings. The summed E-state index contributed by atoms with van der Waals surface area (Å²) in [4.78, 5) is 25.5. The Morgan fingerprint density at radius 1 is 1.21 bits per heavy atom. The lowest BCUT2D eigenvalue weighted by Crippen LogP contribution is -2.41. The summed E-state index contributed by atoms with van der Waals surface area (Å²) in [7, 11) is 0. The second-order valence-electron chi connectivity index (χ2n) is 7.63. The molecule has 0 bridgehead atoms. The van der Waals surface area contributed by atoms with Crippen LogP contribution in [0.15, 0.2) is 18.2 Å². The Hall–Kier alpha value is -1.70. The molecule has 0 spiro atoms. The third-order valence-electron chi connectivity index (χ3n) is 3.98. The van der Waals surface area contributed by atoms with Crippen molar-refractivity contribution in [2.24, 2.45) is 0 Å². The number of rotatable bonds is 11. The average molecular weight is 449 g/mol. The first-order valence-electron chi connectivity index (χ1n) is 9.40. The third-order valence-corrected chi connectivity index (χ3v) is 4.32. The Balaban J connectivity index is 3.17. The Morgan fingerprint density at radius 2 is 1.83 bits per heavy atom. The van der Waals surface area contributed by atoms with E-state index >= 15 is 0 Å². The van der Waals surface area contributed by atoms with Gasteiger partial charge >= 0.3 is 12.1 Å². The number of hydrogen-bond donors (Lipinski definition) is 3. The molecule has 0 saturated carbocycles. The molecular weight excluding hydrogens is 419 g/mol. The van der Waals surface area contributed by atoms with Gasteiger partial charge in [0, 0.05) is 36.6 Å². The number of alkyl halides is 2. The maximum atomic E-state index is 12.2. The van der Waals surface area contributed by atoms with E-state index in [1.807, 2.05) is 11.0 Å². The van der Waals surface area contributed by atoms with Crippen LogP contribution in [-0.4, -0.2) is 58.8 Å². The maximum absolute atomic E-state index is 12.2. The van der Waals surface area contributed by atoms with Crippen LogP contribution in [0.5, 0.6) is 0 Å². The topological polar surface area (TPSA) is 99.1 Å². The number of benzene rings is 1. The lowest BCUT2D eigenvalue weighted by molar-refractivity contribution is -0.137. The van der Waals surface area contributed by atoms with Gasteiger partial charge in [0.2, 0.25) is 0 Å². The summed E-state index contributed by atoms with van der Waals surface area (Å²) in [5, 5.41) is 21.4. The summed E-state index contributed by atoms with van der Waals surface area (Å²) < 4.78 is 5.26. The van der Waals surface area contributed by atoms with Gasteiger partial charge in [0.05, 0.1) is 13.0 Å². The fraction of sp³-hybridized carbons (Fsp3) is 0.600. The van der Waals surface area contributed by atoms with E-state index in [-0.39, 0.29) is 19.4 Å². The fourth-order valence-corrected chi connectivity index (χ4v) is 3.30. The van der Waals surface area contributed by atoms with E-state index in [0.717, 1.165) is 11.3 Å². The van der Waals surface area contributed by atoms with Crippen molar-refractivity contribution >= 4 is 41.0 Å². The Bertz CT molecular complexity index is 673. The highest BCUT2D eigenvalue weighted by Gasteiger charge is 2.23. The number of amides is 1. The molecule has 0 aliphatic rings. The van der Waals surface area contributed by atoms with Gasteiger partial charge in [0.1, 0.15) is 5.60 Å². The van der Waals surface area contributed by atoms with Crippen LogP contribution in [0.1, 0.15) is 38.3 Å². The smallest absolute Gasteiger partial charge is 0.407 e. The number of nitrogens with zero attached hydrogens (tertiary/aromatic N) is 1. The van der Waals surface area contributed by atoms with Crippen molar-refractivity contribution < 1.29 is 24.5 Å². The second kappa shape index (κ2) is 12.1. The molecule has 164 valence electrons. The molecule has 1 aromatic carbocycles. The first-order valence-corrected chi connectivity index (χ1v) is 10.5. The number of aliphatic hydroxyl groups is 1. The maximum Gasteiger partial charge on any atom is 0.407 e. The minimum absolute atomic E-state index is 0.151. The van der Waals surface area contributed by atoms with Gasteiger partial charge in [-0.1, -0.05) is 12.1 Å². The molecule has 1 aromatic rings. The van der Waals surface area contributed by atoms with Crippen molar-refractivity contribution in [3.8, 4) is 0 Å². The van der Waals surface area contributed by atoms with Crippen LogP contribution in [0.2, 0.25) is 0 Å². The fourth-order valence-electron chi connectivity index (χ4n) is 2.89. The normalized spacial score (nSPS) is 12.3. The molecule has 9 heteroatoms. The summed E-state index contributed by atoms with van der Waals surface area (Å²) in [6.45, 7) is 6.17. The van der Waals surface area contributed by atoms with Crippen molar-refractivity contribution in [1.29, 1.82) is 0 Å². The van der Waals surface area contributed by atoms with Crippen LogP contribution in [0.25, 0.3) is 0 Å². The lowest BCUT2D eigenvalue weighted by atomic mass is 9.98. The number of carbonyl (C=O) groups excluding carboxylic acids is 1. The number of carboxylic acid groups (broad SMARTS) is 1. The van der Waals surface area contributed by atoms with Crippen molar-refractivity contribution in [1.82, 2.24) is 5.32 Å². The monoisotopic (exact) mass is 448 g/mol. The predicted molar refractivity (Wildman–Crippen MR) is 115 cm³/mol. The Morgan fingerprint density at radius 3 is 2.31 bits per heavy atom. The van der Waals surface area contributed by atoms with Crippen LogP contribution >= 0.6 is 23.2 Å². The predicted octanol–water partition coefficient (Wildman–Crippen LogP) is 3.37. The van der Waals surface area contributed by atoms with Crippen LogP contribution in [0.3, 0.4) is 0 Å². The van der Waals surface area contributed by atoms with Crippen LogP contribution in [0, 0.1) is 0 Å². The van der Waals surface area contributed by atoms with E-state index in [1.165, 1.54) is 0 Å². The summed E-state index contributed by atoms with van der Waals surface area (Å²) in [6, 6.07) is 4.76. The van der Waals surface area contributed by atoms with Gasteiger partial charge in [-0.25, -0.2) is 4.79 Å². The van der Waals surface area contributed by atoms with Crippen molar-refractivity contribution in [2.75, 3.05) is 29.7 Å². The van der Waals surface area contributed by atoms with E-state index in [4.69, 9.17) is 27.9 Å². The number of carboxylic acids is 1. The standard InChI is InChI=1S/C20H30Cl2N2O5/c1-20(2,3)29-19(28)23-16(12-18(26)27)11-15-10-14(13-25)4-5-17(15)24(8-6-21)9-7-22/h4-5,10,16,25H,6-9,11-13H2,1-3H3,(H,23,28)(H,26,27)/t16-/m0/s1. The van der Waals surface area contributed by atoms with Gasteiger partial charge in [-0.15, -0.1) is 23.2 Å². The molecule has 29 heavy (non-hydrogen) atoms. The Kier molecular flexibility index (Phi) is 10.6. The number of aliphatic hydroxyl groups excluding tert-OH is 1. The first kappa shape index (κ1) is 25.3. The van der Waals surface area contributed by atoms with Crippen LogP contribution in [-0.2, 0) is 22.6 Å². The first-order chi connectivity index (χ1) is 13.6. The molecule has 1 amide bonds. The van der Waals surface area contributed by atoms with Crippen molar-refractivity contribution in [2.45, 2.75) is 51.9 Å². The Labute approximate surface area is 181 Å². The van der Waals surface area contributed by atoms with Gasteiger partial charge in [0.15, 0.2) is 0 Å². The highest BCUT2D eigenvalue weighted by Crippen LogP contribution is 2.25. The summed E-state index contributed by atoms with van der Waals surface area (Å²) >= 11 is 11.8. The van der Waals surface area contributed by atoms with Gasteiger partial charge in [0.25, 0.3) is 0 Å². The number of aliphatic carboxylic acids is 1. The number of carbonyl (C=O) groups is 2. The second-order valence-corrected chi connectivity index (χ2v) is 8.39. The van der Waals surface area contributed by atoms with E-state index < -0.39 is 23.7 Å². The molecule has 7 nitrogen and oxygen atoms in total. The molecule has 0 aliphatic heterocycles. The van der Waals surface area contributed by atoms with E-state index in [0.29, 0.717) is 30.4 Å². The zero-order chi connectivity index (χ0) is 22.0. The van der Waals surface area contributed by atoms with Crippen LogP contribution in [0.4, 0.5) is 10.5 Å². The number of anilines is 1. The molecular formula is C20H30Cl2N2O5. The van der Waals surface area contributed by atoms with Gasteiger partial charge in [-0.2, -0.15) is 0 Å². The molecule has 1 rings (SSSR count). The summed E-state index contributed by atoms with van der Waals surface area (Å²) in [6.07, 6.45) is -0.704. The van der Waals surface area contributed by atoms with E-state index in [2.05, 4.69) is 5.32 Å². The summed E-state index contributed by atoms with van der Waals surface area (Å²) in [5.41, 5.74) is 1.61. The quantitative estimate of drug-likeness (QED) is 0.448. The molecule has 0 radical (unpaired) electrons. The molecule has 1 atom stereocenters. The third kappa shape index (κ3) is 9.56. The highest BCUT2D eigenvalue weighted by molar-refractivity contribution is 6.18. The van der Waals surface area contributed by atoms with Crippen molar-refractivity contribution in [3.63, 3.8) is 0 Å². The molecule has 0 unspecified atom stereocenters. The SMILES string of the molecule is CC(C)(C)OC(=O)N[C@H](CC(=O)O)Cc1cc(CO)ccc1N(CCCl)CCCl. The lowest BCUT2D eigenvalue weighted by Gasteiger charge is -2.28. The van der Waals surface area contributed by atoms with Gasteiger partial charge < -0.3 is 25.2 Å². The van der Waals surface area contributed by atoms with Crippen LogP contribution < -0.4 is 10.2 Å². The molecule has 0 aromatic heterocycles. The minimum Gasteiger partial charge on any atom is -0.481 e. The van der Waals surface area contributed by atoms with E-state index in [9.17, 15) is 19.8 Å². The zero-order valence-electron chi connectivity index (χ0n) is 17.1. The number of nitrogens with one attached hydrogen (secondary N) is 1. The van der Waals surface area contributed by atoms with Gasteiger partial charge in [-0.3, -0.25) is 4.79 Å². The largest absolute Gasteiger partial charge is 0.481 e. The number of halogens is 2. The van der Waals surface area contributed by atoms with E-state index in [1.54, 1.807) is 32.9 Å². The van der Waals surface area contributed by atoms with Crippen molar-refractivity contribution in [3.05, 3.63) is 29.3 Å². The summed E-state index contributed by atoms with van der Waals surface area (Å²) in [5.74, 6) is -0.246. The minimum atomic E-state index is -1.04. The number of alkyl carbamates (subject to hydrolysis) is 1. The molecule has 3 N–H and O–H groups in total. The number of hydrogen-bond acceptors (Lipinski definition) is 5. The number of ether oxygens (including phenoxy) is 1. The molecule has 0 heterocycles.